The SMILES string of the molecule is Cc1ccc(Nc2nnc(N(C)C)[nH]2)o1. The Bertz CT molecular complexity index is 445. The maximum atomic E-state index is 5.34. The first-order valence-corrected chi connectivity index (χ1v) is 4.58. The van der Waals surface area contributed by atoms with Crippen molar-refractivity contribution in [2.45, 2.75) is 6.92 Å². The number of aryl methyl sites for hydroxylation is 1. The van der Waals surface area contributed by atoms with Crippen LogP contribution in [0.15, 0.2) is 16.5 Å². The molecule has 0 unspecified atom stereocenters. The minimum Gasteiger partial charge on any atom is -0.446 e. The second-order valence-corrected chi connectivity index (χ2v) is 3.43. The molecule has 2 aromatic rings. The van der Waals surface area contributed by atoms with Crippen LogP contribution in [-0.2, 0) is 0 Å². The minimum absolute atomic E-state index is 0.563. The highest BCUT2D eigenvalue weighted by molar-refractivity contribution is 5.47. The average Bonchev–Trinajstić information content (AvgIpc) is 2.76. The van der Waals surface area contributed by atoms with E-state index in [2.05, 4.69) is 20.5 Å². The number of nitrogens with one attached hydrogen (secondary N) is 2. The molecule has 0 saturated heterocycles. The van der Waals surface area contributed by atoms with Crippen LogP contribution >= 0.6 is 0 Å². The molecule has 0 radical (unpaired) electrons. The lowest BCUT2D eigenvalue weighted by Crippen LogP contribution is -2.10. The Morgan fingerprint density at radius 1 is 1.33 bits per heavy atom. The molecule has 2 heterocycles. The van der Waals surface area contributed by atoms with Gasteiger partial charge in [-0.15, -0.1) is 10.2 Å². The Hall–Kier alpha value is -1.98. The predicted molar refractivity (Wildman–Crippen MR) is 57.4 cm³/mol. The predicted octanol–water partition coefficient (Wildman–Crippen LogP) is 1.52. The van der Waals surface area contributed by atoms with Crippen LogP contribution in [0, 0.1) is 6.92 Å². The third-order valence-electron chi connectivity index (χ3n) is 1.88. The normalized spacial score (nSPS) is 10.3. The summed E-state index contributed by atoms with van der Waals surface area (Å²) < 4.78 is 5.34. The van der Waals surface area contributed by atoms with Crippen molar-refractivity contribution in [3.8, 4) is 0 Å². The molecule has 2 N–H and O–H groups in total. The Morgan fingerprint density at radius 2 is 2.13 bits per heavy atom. The van der Waals surface area contributed by atoms with Gasteiger partial charge in [-0.1, -0.05) is 0 Å². The molecular formula is C9H13N5O. The van der Waals surface area contributed by atoms with Gasteiger partial charge in [-0.3, -0.25) is 10.3 Å². The van der Waals surface area contributed by atoms with E-state index in [0.29, 0.717) is 17.8 Å². The monoisotopic (exact) mass is 207 g/mol. The Balaban J connectivity index is 2.11. The zero-order chi connectivity index (χ0) is 10.8. The van der Waals surface area contributed by atoms with Gasteiger partial charge in [-0.2, -0.15) is 0 Å². The van der Waals surface area contributed by atoms with Gasteiger partial charge in [0.15, 0.2) is 5.88 Å². The molecular weight excluding hydrogens is 194 g/mol. The molecule has 0 fully saturated rings. The number of rotatable bonds is 3. The third kappa shape index (κ3) is 2.09. The molecule has 15 heavy (non-hydrogen) atoms. The second kappa shape index (κ2) is 3.64. The molecule has 6 nitrogen and oxygen atoms in total. The van der Waals surface area contributed by atoms with Crippen molar-refractivity contribution < 1.29 is 4.42 Å². The number of nitrogens with zero attached hydrogens (tertiary/aromatic N) is 3. The van der Waals surface area contributed by atoms with Crippen LogP contribution in [0.4, 0.5) is 17.8 Å². The molecule has 0 atom stereocenters. The first kappa shape index (κ1) is 9.57. The van der Waals surface area contributed by atoms with Crippen molar-refractivity contribution in [1.29, 1.82) is 0 Å². The van der Waals surface area contributed by atoms with Crippen molar-refractivity contribution in [2.75, 3.05) is 24.3 Å². The Labute approximate surface area is 87.3 Å². The lowest BCUT2D eigenvalue weighted by Gasteiger charge is -2.04. The second-order valence-electron chi connectivity index (χ2n) is 3.43. The quantitative estimate of drug-likeness (QED) is 0.798. The van der Waals surface area contributed by atoms with Gasteiger partial charge >= 0.3 is 0 Å². The van der Waals surface area contributed by atoms with Crippen LogP contribution in [0.3, 0.4) is 0 Å². The Kier molecular flexibility index (Phi) is 2.32. The van der Waals surface area contributed by atoms with Crippen LogP contribution in [0.5, 0.6) is 0 Å². The molecule has 0 saturated carbocycles. The van der Waals surface area contributed by atoms with Gasteiger partial charge in [0, 0.05) is 20.2 Å². The Morgan fingerprint density at radius 3 is 2.67 bits per heavy atom. The van der Waals surface area contributed by atoms with Gasteiger partial charge < -0.3 is 9.32 Å². The summed E-state index contributed by atoms with van der Waals surface area (Å²) in [5.74, 6) is 2.76. The van der Waals surface area contributed by atoms with Crippen molar-refractivity contribution in [3.05, 3.63) is 17.9 Å². The van der Waals surface area contributed by atoms with Crippen LogP contribution in [0.25, 0.3) is 0 Å². The van der Waals surface area contributed by atoms with Gasteiger partial charge in [0.1, 0.15) is 5.76 Å². The number of furan rings is 1. The van der Waals surface area contributed by atoms with E-state index in [9.17, 15) is 0 Å². The number of H-pyrrole nitrogens is 1. The van der Waals surface area contributed by atoms with Crippen molar-refractivity contribution in [3.63, 3.8) is 0 Å². The zero-order valence-electron chi connectivity index (χ0n) is 8.90. The lowest BCUT2D eigenvalue weighted by molar-refractivity contribution is 0.550. The molecule has 0 spiro atoms. The average molecular weight is 207 g/mol. The van der Waals surface area contributed by atoms with Crippen LogP contribution < -0.4 is 10.2 Å². The van der Waals surface area contributed by atoms with Crippen LogP contribution in [-0.4, -0.2) is 29.3 Å². The highest BCUT2D eigenvalue weighted by atomic mass is 16.4. The van der Waals surface area contributed by atoms with E-state index in [-0.39, 0.29) is 0 Å². The van der Waals surface area contributed by atoms with Crippen molar-refractivity contribution in [1.82, 2.24) is 15.2 Å². The number of anilines is 3. The molecule has 6 heteroatoms. The third-order valence-corrected chi connectivity index (χ3v) is 1.88. The summed E-state index contributed by atoms with van der Waals surface area (Å²) in [6, 6.07) is 3.72. The topological polar surface area (TPSA) is 70.0 Å². The lowest BCUT2D eigenvalue weighted by atomic mass is 10.5. The largest absolute Gasteiger partial charge is 0.446 e. The fraction of sp³-hybridized carbons (Fsp3) is 0.333. The fourth-order valence-electron chi connectivity index (χ4n) is 1.13. The van der Waals surface area contributed by atoms with E-state index in [0.717, 1.165) is 5.76 Å². The van der Waals surface area contributed by atoms with Crippen LogP contribution in [0.2, 0.25) is 0 Å². The molecule has 2 rings (SSSR count). The molecule has 0 aliphatic rings. The van der Waals surface area contributed by atoms with Gasteiger partial charge in [0.2, 0.25) is 11.9 Å². The maximum absolute atomic E-state index is 5.34. The zero-order valence-corrected chi connectivity index (χ0v) is 8.90. The van der Waals surface area contributed by atoms with E-state index < -0.39 is 0 Å². The molecule has 0 amide bonds. The number of aromatic nitrogens is 3. The summed E-state index contributed by atoms with van der Waals surface area (Å²) in [5, 5.41) is 10.8. The fourth-order valence-corrected chi connectivity index (χ4v) is 1.13. The molecule has 0 aromatic carbocycles. The van der Waals surface area contributed by atoms with Gasteiger partial charge in [0.25, 0.3) is 0 Å². The van der Waals surface area contributed by atoms with E-state index in [1.54, 1.807) is 0 Å². The van der Waals surface area contributed by atoms with Gasteiger partial charge in [-0.25, -0.2) is 0 Å². The van der Waals surface area contributed by atoms with Crippen molar-refractivity contribution >= 4 is 17.8 Å². The maximum Gasteiger partial charge on any atom is 0.230 e. The number of aromatic amines is 1. The van der Waals surface area contributed by atoms with E-state index in [1.807, 2.05) is 38.1 Å². The molecule has 0 aliphatic heterocycles. The summed E-state index contributed by atoms with van der Waals surface area (Å²) in [4.78, 5) is 4.84. The smallest absolute Gasteiger partial charge is 0.230 e. The minimum atomic E-state index is 0.563. The van der Waals surface area contributed by atoms with Crippen molar-refractivity contribution in [2.24, 2.45) is 0 Å². The molecule has 80 valence electrons. The highest BCUT2D eigenvalue weighted by Gasteiger charge is 2.05. The molecule has 0 aliphatic carbocycles. The molecule has 2 aromatic heterocycles. The van der Waals surface area contributed by atoms with E-state index in [1.165, 1.54) is 0 Å². The standard InChI is InChI=1S/C9H13N5O/c1-6-4-5-7(15-6)10-8-11-9(13-12-8)14(2)3/h4-5H,1-3H3,(H2,10,11,12,13). The summed E-state index contributed by atoms with van der Waals surface area (Å²) in [7, 11) is 3.78. The summed E-state index contributed by atoms with van der Waals surface area (Å²) in [6.07, 6.45) is 0. The summed E-state index contributed by atoms with van der Waals surface area (Å²) in [5.41, 5.74) is 0. The summed E-state index contributed by atoms with van der Waals surface area (Å²) in [6.45, 7) is 1.89. The number of hydrogen-bond acceptors (Lipinski definition) is 5. The summed E-state index contributed by atoms with van der Waals surface area (Å²) >= 11 is 0. The van der Waals surface area contributed by atoms with Gasteiger partial charge in [0.05, 0.1) is 0 Å². The highest BCUT2D eigenvalue weighted by Crippen LogP contribution is 2.16. The molecule has 0 bridgehead atoms. The first-order chi connectivity index (χ1) is 7.15. The van der Waals surface area contributed by atoms with Crippen LogP contribution in [0.1, 0.15) is 5.76 Å². The number of hydrogen-bond donors (Lipinski definition) is 2. The first-order valence-electron chi connectivity index (χ1n) is 4.58. The van der Waals surface area contributed by atoms with Gasteiger partial charge in [-0.05, 0) is 13.0 Å². The van der Waals surface area contributed by atoms with E-state index in [4.69, 9.17) is 4.42 Å². The van der Waals surface area contributed by atoms with E-state index >= 15 is 0 Å².